The van der Waals surface area contributed by atoms with E-state index in [-0.39, 0.29) is 6.54 Å². The predicted octanol–water partition coefficient (Wildman–Crippen LogP) is 1.46. The molecule has 0 saturated carbocycles. The van der Waals surface area contributed by atoms with Crippen LogP contribution >= 0.6 is 0 Å². The molecule has 0 spiro atoms. The summed E-state index contributed by atoms with van der Waals surface area (Å²) in [5.74, 6) is 1.04. The van der Waals surface area contributed by atoms with Crippen LogP contribution in [0.5, 0.6) is 0 Å². The summed E-state index contributed by atoms with van der Waals surface area (Å²) in [5, 5.41) is 11.3. The van der Waals surface area contributed by atoms with Gasteiger partial charge < -0.3 is 15.3 Å². The van der Waals surface area contributed by atoms with Crippen LogP contribution in [0.3, 0.4) is 0 Å². The van der Waals surface area contributed by atoms with E-state index in [4.69, 9.17) is 5.11 Å². The number of hydrogen-bond acceptors (Lipinski definition) is 5. The Kier molecular flexibility index (Phi) is 5.35. The van der Waals surface area contributed by atoms with E-state index in [0.29, 0.717) is 11.7 Å². The maximum atomic E-state index is 10.5. The number of anilines is 2. The summed E-state index contributed by atoms with van der Waals surface area (Å²) in [6, 6.07) is 1.75. The Hall–Kier alpha value is -1.85. The molecule has 0 unspecified atom stereocenters. The van der Waals surface area contributed by atoms with Gasteiger partial charge in [0.1, 0.15) is 24.5 Å². The van der Waals surface area contributed by atoms with Crippen molar-refractivity contribution in [1.82, 2.24) is 9.97 Å². The van der Waals surface area contributed by atoms with Crippen LogP contribution in [-0.4, -0.2) is 41.2 Å². The molecule has 1 aromatic heterocycles. The van der Waals surface area contributed by atoms with Gasteiger partial charge in [-0.3, -0.25) is 4.79 Å². The number of nitrogens with zero attached hydrogens (tertiary/aromatic N) is 3. The quantitative estimate of drug-likeness (QED) is 0.765. The molecule has 2 N–H and O–H groups in total. The van der Waals surface area contributed by atoms with Gasteiger partial charge in [0.15, 0.2) is 0 Å². The monoisotopic (exact) mass is 252 g/mol. The average Bonchev–Trinajstić information content (AvgIpc) is 2.33. The van der Waals surface area contributed by atoms with Gasteiger partial charge in [-0.05, 0) is 12.3 Å². The van der Waals surface area contributed by atoms with E-state index in [0.717, 1.165) is 18.8 Å². The van der Waals surface area contributed by atoms with E-state index in [1.165, 1.54) is 6.33 Å². The van der Waals surface area contributed by atoms with Crippen molar-refractivity contribution in [3.05, 3.63) is 12.4 Å². The van der Waals surface area contributed by atoms with Crippen molar-refractivity contribution in [2.75, 3.05) is 30.4 Å². The molecule has 0 atom stereocenters. The van der Waals surface area contributed by atoms with E-state index >= 15 is 0 Å². The third-order valence-electron chi connectivity index (χ3n) is 2.51. The molecule has 6 heteroatoms. The first-order valence-electron chi connectivity index (χ1n) is 5.98. The summed E-state index contributed by atoms with van der Waals surface area (Å²) >= 11 is 0. The highest BCUT2D eigenvalue weighted by atomic mass is 16.4. The number of carboxylic acids is 1. The summed E-state index contributed by atoms with van der Waals surface area (Å²) < 4.78 is 0. The molecule has 0 amide bonds. The molecule has 0 aromatic carbocycles. The molecule has 18 heavy (non-hydrogen) atoms. The van der Waals surface area contributed by atoms with Gasteiger partial charge in [-0.1, -0.05) is 13.8 Å². The summed E-state index contributed by atoms with van der Waals surface area (Å²) in [6.07, 6.45) is 2.52. The maximum absolute atomic E-state index is 10.5. The number of rotatable bonds is 7. The maximum Gasteiger partial charge on any atom is 0.322 e. The van der Waals surface area contributed by atoms with E-state index in [1.807, 2.05) is 11.9 Å². The number of aromatic nitrogens is 2. The molecule has 0 fully saturated rings. The first-order chi connectivity index (χ1) is 8.49. The summed E-state index contributed by atoms with van der Waals surface area (Å²) in [6.45, 7) is 5.11. The van der Waals surface area contributed by atoms with Crippen LogP contribution in [-0.2, 0) is 4.79 Å². The lowest BCUT2D eigenvalue weighted by Crippen LogP contribution is -2.21. The van der Waals surface area contributed by atoms with Gasteiger partial charge in [-0.25, -0.2) is 9.97 Å². The third kappa shape index (κ3) is 4.99. The molecule has 0 aliphatic carbocycles. The minimum absolute atomic E-state index is 0.147. The first kappa shape index (κ1) is 14.2. The fourth-order valence-electron chi connectivity index (χ4n) is 1.39. The Morgan fingerprint density at radius 1 is 1.50 bits per heavy atom. The Balaban J connectivity index is 2.60. The highest BCUT2D eigenvalue weighted by molar-refractivity contribution is 5.72. The zero-order chi connectivity index (χ0) is 13.5. The Morgan fingerprint density at radius 3 is 2.83 bits per heavy atom. The van der Waals surface area contributed by atoms with E-state index in [2.05, 4.69) is 29.1 Å². The molecule has 100 valence electrons. The van der Waals surface area contributed by atoms with Crippen LogP contribution in [0.25, 0.3) is 0 Å². The van der Waals surface area contributed by atoms with Crippen LogP contribution in [0.15, 0.2) is 12.4 Å². The van der Waals surface area contributed by atoms with Gasteiger partial charge >= 0.3 is 5.97 Å². The fraction of sp³-hybridized carbons (Fsp3) is 0.583. The Morgan fingerprint density at radius 2 is 2.22 bits per heavy atom. The van der Waals surface area contributed by atoms with E-state index < -0.39 is 5.97 Å². The van der Waals surface area contributed by atoms with Crippen molar-refractivity contribution >= 4 is 17.6 Å². The SMILES string of the molecule is CC(C)CCN(C)c1cc(NCC(=O)O)ncn1. The summed E-state index contributed by atoms with van der Waals surface area (Å²) in [7, 11) is 1.96. The minimum atomic E-state index is -0.914. The van der Waals surface area contributed by atoms with Crippen molar-refractivity contribution in [3.8, 4) is 0 Å². The lowest BCUT2D eigenvalue weighted by Gasteiger charge is -2.19. The second kappa shape index (κ2) is 6.78. The smallest absolute Gasteiger partial charge is 0.322 e. The van der Waals surface area contributed by atoms with Crippen molar-refractivity contribution in [1.29, 1.82) is 0 Å². The van der Waals surface area contributed by atoms with Gasteiger partial charge in [0.2, 0.25) is 0 Å². The van der Waals surface area contributed by atoms with Crippen LogP contribution < -0.4 is 10.2 Å². The van der Waals surface area contributed by atoms with Crippen LogP contribution in [0.4, 0.5) is 11.6 Å². The van der Waals surface area contributed by atoms with Crippen LogP contribution in [0, 0.1) is 5.92 Å². The molecule has 1 heterocycles. The third-order valence-corrected chi connectivity index (χ3v) is 2.51. The molecule has 6 nitrogen and oxygen atoms in total. The topological polar surface area (TPSA) is 78.4 Å². The molecular weight excluding hydrogens is 232 g/mol. The minimum Gasteiger partial charge on any atom is -0.480 e. The van der Waals surface area contributed by atoms with Crippen molar-refractivity contribution in [2.45, 2.75) is 20.3 Å². The molecule has 0 aliphatic heterocycles. The number of nitrogens with one attached hydrogen (secondary N) is 1. The lowest BCUT2D eigenvalue weighted by molar-refractivity contribution is -0.134. The predicted molar refractivity (Wildman–Crippen MR) is 70.9 cm³/mol. The second-order valence-electron chi connectivity index (χ2n) is 4.61. The standard InChI is InChI=1S/C12H20N4O2/c1-9(2)4-5-16(3)11-6-10(14-8-15-11)13-7-12(17)18/h6,8-9H,4-5,7H2,1-3H3,(H,17,18)(H,13,14,15). The van der Waals surface area contributed by atoms with Crippen molar-refractivity contribution in [2.24, 2.45) is 5.92 Å². The number of carbonyl (C=O) groups is 1. The molecular formula is C12H20N4O2. The molecule has 1 rings (SSSR count). The number of carboxylic acid groups (broad SMARTS) is 1. The van der Waals surface area contributed by atoms with Crippen LogP contribution in [0.2, 0.25) is 0 Å². The van der Waals surface area contributed by atoms with E-state index in [9.17, 15) is 4.79 Å². The molecule has 0 bridgehead atoms. The molecule has 0 aliphatic rings. The van der Waals surface area contributed by atoms with Gasteiger partial charge in [0, 0.05) is 19.7 Å². The zero-order valence-electron chi connectivity index (χ0n) is 11.1. The first-order valence-corrected chi connectivity index (χ1v) is 5.98. The summed E-state index contributed by atoms with van der Waals surface area (Å²) in [5.41, 5.74) is 0. The Bertz CT molecular complexity index is 395. The van der Waals surface area contributed by atoms with Crippen molar-refractivity contribution < 1.29 is 9.90 Å². The second-order valence-corrected chi connectivity index (χ2v) is 4.61. The van der Waals surface area contributed by atoms with E-state index in [1.54, 1.807) is 6.07 Å². The summed E-state index contributed by atoms with van der Waals surface area (Å²) in [4.78, 5) is 20.6. The normalized spacial score (nSPS) is 10.4. The highest BCUT2D eigenvalue weighted by Gasteiger charge is 2.06. The van der Waals surface area contributed by atoms with Gasteiger partial charge in [0.05, 0.1) is 0 Å². The van der Waals surface area contributed by atoms with Gasteiger partial charge in [-0.2, -0.15) is 0 Å². The van der Waals surface area contributed by atoms with Crippen molar-refractivity contribution in [3.63, 3.8) is 0 Å². The largest absolute Gasteiger partial charge is 0.480 e. The zero-order valence-corrected chi connectivity index (χ0v) is 11.1. The highest BCUT2D eigenvalue weighted by Crippen LogP contribution is 2.13. The molecule has 0 radical (unpaired) electrons. The van der Waals surface area contributed by atoms with Gasteiger partial charge in [0.25, 0.3) is 0 Å². The van der Waals surface area contributed by atoms with Gasteiger partial charge in [-0.15, -0.1) is 0 Å². The Labute approximate surface area is 107 Å². The van der Waals surface area contributed by atoms with Crippen LogP contribution in [0.1, 0.15) is 20.3 Å². The number of aliphatic carboxylic acids is 1. The fourth-order valence-corrected chi connectivity index (χ4v) is 1.39. The lowest BCUT2D eigenvalue weighted by atomic mass is 10.1. The number of hydrogen-bond donors (Lipinski definition) is 2. The molecule has 1 aromatic rings. The molecule has 0 saturated heterocycles. The average molecular weight is 252 g/mol.